The van der Waals surface area contributed by atoms with Gasteiger partial charge in [0.1, 0.15) is 5.75 Å². The number of nitrogens with one attached hydrogen (secondary N) is 2. The minimum absolute atomic E-state index is 0.189. The fraction of sp³-hybridized carbons (Fsp3) is 0.429. The van der Waals surface area contributed by atoms with Crippen molar-refractivity contribution >= 4 is 17.3 Å². The summed E-state index contributed by atoms with van der Waals surface area (Å²) in [6.45, 7) is 1.98. The Bertz CT molecular complexity index is 753. The van der Waals surface area contributed by atoms with E-state index in [2.05, 4.69) is 15.6 Å². The van der Waals surface area contributed by atoms with Gasteiger partial charge in [0.2, 0.25) is 0 Å². The Morgan fingerprint density at radius 3 is 2.62 bits per heavy atom. The first kappa shape index (κ1) is 18.2. The van der Waals surface area contributed by atoms with Crippen LogP contribution in [0, 0.1) is 6.92 Å². The van der Waals surface area contributed by atoms with E-state index in [1.54, 1.807) is 19.5 Å². The lowest BCUT2D eigenvalue weighted by atomic mass is 10.1. The van der Waals surface area contributed by atoms with Gasteiger partial charge in [-0.3, -0.25) is 9.78 Å². The number of benzene rings is 1. The van der Waals surface area contributed by atoms with Crippen molar-refractivity contribution in [3.63, 3.8) is 0 Å². The summed E-state index contributed by atoms with van der Waals surface area (Å²) in [6, 6.07) is 8.04. The molecule has 5 nitrogen and oxygen atoms in total. The summed E-state index contributed by atoms with van der Waals surface area (Å²) in [5.41, 5.74) is 3.16. The zero-order chi connectivity index (χ0) is 18.4. The zero-order valence-electron chi connectivity index (χ0n) is 15.5. The molecule has 1 aliphatic rings. The molecule has 1 heterocycles. The van der Waals surface area contributed by atoms with Crippen LogP contribution in [0.25, 0.3) is 0 Å². The van der Waals surface area contributed by atoms with Crippen LogP contribution in [0.15, 0.2) is 36.7 Å². The lowest BCUT2D eigenvalue weighted by Gasteiger charge is -2.18. The van der Waals surface area contributed by atoms with E-state index in [4.69, 9.17) is 4.74 Å². The third kappa shape index (κ3) is 4.75. The molecule has 1 fully saturated rings. The summed E-state index contributed by atoms with van der Waals surface area (Å²) < 4.78 is 5.33. The molecule has 1 aromatic carbocycles. The van der Waals surface area contributed by atoms with Gasteiger partial charge in [-0.2, -0.15) is 0 Å². The van der Waals surface area contributed by atoms with Crippen molar-refractivity contribution in [2.24, 2.45) is 0 Å². The van der Waals surface area contributed by atoms with Crippen LogP contribution in [0.3, 0.4) is 0 Å². The Balaban J connectivity index is 1.71. The standard InChI is InChI=1S/C21H27N3O2/c1-15-9-10-20(26-2)19(11-15)24-21(25)16-12-18(14-22-13-16)23-17-7-5-3-4-6-8-17/h9-14,17,23H,3-8H2,1-2H3,(H,24,25). The first-order valence-corrected chi connectivity index (χ1v) is 9.33. The second-order valence-electron chi connectivity index (χ2n) is 6.95. The summed E-state index contributed by atoms with van der Waals surface area (Å²) in [5, 5.41) is 6.47. The third-order valence-corrected chi connectivity index (χ3v) is 4.83. The largest absolute Gasteiger partial charge is 0.495 e. The van der Waals surface area contributed by atoms with Gasteiger partial charge >= 0.3 is 0 Å². The number of ether oxygens (including phenoxy) is 1. The maximum atomic E-state index is 12.7. The number of methoxy groups -OCH3 is 1. The predicted molar refractivity (Wildman–Crippen MR) is 105 cm³/mol. The minimum atomic E-state index is -0.189. The molecule has 0 aliphatic heterocycles. The van der Waals surface area contributed by atoms with E-state index in [0.717, 1.165) is 11.3 Å². The Hall–Kier alpha value is -2.56. The molecule has 1 amide bonds. The van der Waals surface area contributed by atoms with Gasteiger partial charge in [0.25, 0.3) is 5.91 Å². The first-order chi connectivity index (χ1) is 12.7. The minimum Gasteiger partial charge on any atom is -0.495 e. The van der Waals surface area contributed by atoms with Gasteiger partial charge in [-0.1, -0.05) is 31.7 Å². The van der Waals surface area contributed by atoms with E-state index >= 15 is 0 Å². The number of carbonyl (C=O) groups is 1. The summed E-state index contributed by atoms with van der Waals surface area (Å²) in [6.07, 6.45) is 10.9. The molecule has 0 spiro atoms. The normalized spacial score (nSPS) is 15.2. The van der Waals surface area contributed by atoms with Gasteiger partial charge in [-0.05, 0) is 43.5 Å². The molecular weight excluding hydrogens is 326 g/mol. The highest BCUT2D eigenvalue weighted by Crippen LogP contribution is 2.26. The molecular formula is C21H27N3O2. The molecule has 0 unspecified atom stereocenters. The van der Waals surface area contributed by atoms with Crippen LogP contribution in [0.5, 0.6) is 5.75 Å². The number of pyridine rings is 1. The fourth-order valence-electron chi connectivity index (χ4n) is 3.42. The molecule has 5 heteroatoms. The predicted octanol–water partition coefficient (Wildman–Crippen LogP) is 4.79. The number of amides is 1. The van der Waals surface area contributed by atoms with Gasteiger partial charge in [0.15, 0.2) is 0 Å². The maximum Gasteiger partial charge on any atom is 0.257 e. The number of nitrogens with zero attached hydrogens (tertiary/aromatic N) is 1. The maximum absolute atomic E-state index is 12.7. The van der Waals surface area contributed by atoms with E-state index in [1.165, 1.54) is 38.5 Å². The average molecular weight is 353 g/mol. The fourth-order valence-corrected chi connectivity index (χ4v) is 3.42. The highest BCUT2D eigenvalue weighted by atomic mass is 16.5. The van der Waals surface area contributed by atoms with Crippen LogP contribution in [-0.2, 0) is 0 Å². The average Bonchev–Trinajstić information content (AvgIpc) is 2.91. The smallest absolute Gasteiger partial charge is 0.257 e. The number of rotatable bonds is 5. The highest BCUT2D eigenvalue weighted by molar-refractivity contribution is 6.05. The van der Waals surface area contributed by atoms with Crippen LogP contribution in [0.2, 0.25) is 0 Å². The Morgan fingerprint density at radius 2 is 1.88 bits per heavy atom. The monoisotopic (exact) mass is 353 g/mol. The zero-order valence-corrected chi connectivity index (χ0v) is 15.5. The number of anilines is 2. The summed E-state index contributed by atoms with van der Waals surface area (Å²) in [4.78, 5) is 16.9. The van der Waals surface area contributed by atoms with E-state index in [-0.39, 0.29) is 5.91 Å². The molecule has 138 valence electrons. The lowest BCUT2D eigenvalue weighted by molar-refractivity contribution is 0.102. The van der Waals surface area contributed by atoms with Crippen LogP contribution >= 0.6 is 0 Å². The van der Waals surface area contributed by atoms with Crippen LogP contribution in [0.4, 0.5) is 11.4 Å². The van der Waals surface area contributed by atoms with E-state index in [9.17, 15) is 4.79 Å². The van der Waals surface area contributed by atoms with Crippen molar-refractivity contribution in [2.45, 2.75) is 51.5 Å². The van der Waals surface area contributed by atoms with Crippen LogP contribution in [0.1, 0.15) is 54.4 Å². The molecule has 1 aromatic heterocycles. The quantitative estimate of drug-likeness (QED) is 0.759. The summed E-state index contributed by atoms with van der Waals surface area (Å²) in [7, 11) is 1.60. The molecule has 1 saturated carbocycles. The van der Waals surface area contributed by atoms with E-state index in [1.807, 2.05) is 31.2 Å². The molecule has 0 saturated heterocycles. The van der Waals surface area contributed by atoms with Gasteiger partial charge < -0.3 is 15.4 Å². The van der Waals surface area contributed by atoms with Crippen molar-refractivity contribution in [3.8, 4) is 5.75 Å². The molecule has 3 rings (SSSR count). The Morgan fingerprint density at radius 1 is 1.12 bits per heavy atom. The van der Waals surface area contributed by atoms with Crippen LogP contribution in [-0.4, -0.2) is 24.0 Å². The molecule has 2 N–H and O–H groups in total. The number of hydrogen-bond acceptors (Lipinski definition) is 4. The van der Waals surface area contributed by atoms with Crippen molar-refractivity contribution in [1.29, 1.82) is 0 Å². The van der Waals surface area contributed by atoms with Crippen molar-refractivity contribution in [2.75, 3.05) is 17.7 Å². The SMILES string of the molecule is COc1ccc(C)cc1NC(=O)c1cncc(NC2CCCCCC2)c1. The van der Waals surface area contributed by atoms with Gasteiger partial charge in [0, 0.05) is 18.4 Å². The second-order valence-corrected chi connectivity index (χ2v) is 6.95. The number of aryl methyl sites for hydroxylation is 1. The van der Waals surface area contributed by atoms with Gasteiger partial charge in [0.05, 0.1) is 24.0 Å². The highest BCUT2D eigenvalue weighted by Gasteiger charge is 2.14. The lowest BCUT2D eigenvalue weighted by Crippen LogP contribution is -2.19. The molecule has 0 bridgehead atoms. The topological polar surface area (TPSA) is 63.2 Å². The van der Waals surface area contributed by atoms with Crippen LogP contribution < -0.4 is 15.4 Å². The molecule has 1 aliphatic carbocycles. The Labute approximate surface area is 155 Å². The van der Waals surface area contributed by atoms with E-state index in [0.29, 0.717) is 23.0 Å². The number of carbonyl (C=O) groups excluding carboxylic acids is 1. The molecule has 26 heavy (non-hydrogen) atoms. The molecule has 0 atom stereocenters. The summed E-state index contributed by atoms with van der Waals surface area (Å²) >= 11 is 0. The number of hydrogen-bond donors (Lipinski definition) is 2. The van der Waals surface area contributed by atoms with Gasteiger partial charge in [-0.25, -0.2) is 0 Å². The Kier molecular flexibility index (Phi) is 6.10. The molecule has 2 aromatic rings. The van der Waals surface area contributed by atoms with Crippen molar-refractivity contribution < 1.29 is 9.53 Å². The van der Waals surface area contributed by atoms with Crippen molar-refractivity contribution in [1.82, 2.24) is 4.98 Å². The van der Waals surface area contributed by atoms with E-state index < -0.39 is 0 Å². The van der Waals surface area contributed by atoms with Gasteiger partial charge in [-0.15, -0.1) is 0 Å². The third-order valence-electron chi connectivity index (χ3n) is 4.83. The first-order valence-electron chi connectivity index (χ1n) is 9.33. The van der Waals surface area contributed by atoms with Crippen molar-refractivity contribution in [3.05, 3.63) is 47.8 Å². The summed E-state index contributed by atoms with van der Waals surface area (Å²) in [5.74, 6) is 0.454. The second kappa shape index (κ2) is 8.70. The number of aromatic nitrogens is 1. The molecule has 0 radical (unpaired) electrons.